The van der Waals surface area contributed by atoms with Gasteiger partial charge in [-0.05, 0) is 45.2 Å². The minimum Gasteiger partial charge on any atom is -0.380 e. The normalized spacial score (nSPS) is 32.8. The summed E-state index contributed by atoms with van der Waals surface area (Å²) in [6, 6.07) is 0. The van der Waals surface area contributed by atoms with Gasteiger partial charge in [0, 0.05) is 26.7 Å². The molecule has 4 heteroatoms. The van der Waals surface area contributed by atoms with Crippen LogP contribution in [0.3, 0.4) is 0 Å². The van der Waals surface area contributed by atoms with E-state index in [1.54, 1.807) is 0 Å². The first-order valence-electron chi connectivity index (χ1n) is 7.93. The van der Waals surface area contributed by atoms with Crippen molar-refractivity contribution in [1.82, 2.24) is 10.2 Å². The first-order chi connectivity index (χ1) is 9.31. The van der Waals surface area contributed by atoms with E-state index in [-0.39, 0.29) is 0 Å². The van der Waals surface area contributed by atoms with Crippen LogP contribution < -0.4 is 5.32 Å². The zero-order valence-electron chi connectivity index (χ0n) is 12.6. The number of methoxy groups -OCH3 is 1. The summed E-state index contributed by atoms with van der Waals surface area (Å²) in [5.41, 5.74) is 0. The second-order valence-corrected chi connectivity index (χ2v) is 5.92. The second kappa shape index (κ2) is 8.20. The molecule has 0 aromatic rings. The van der Waals surface area contributed by atoms with Crippen LogP contribution in [0.25, 0.3) is 0 Å². The highest BCUT2D eigenvalue weighted by Crippen LogP contribution is 2.22. The summed E-state index contributed by atoms with van der Waals surface area (Å²) in [4.78, 5) is 2.52. The molecule has 3 unspecified atom stereocenters. The predicted molar refractivity (Wildman–Crippen MR) is 77.5 cm³/mol. The topological polar surface area (TPSA) is 33.7 Å². The van der Waals surface area contributed by atoms with Gasteiger partial charge in [-0.25, -0.2) is 0 Å². The molecule has 0 aromatic heterocycles. The minimum absolute atomic E-state index is 0.428. The van der Waals surface area contributed by atoms with E-state index < -0.39 is 0 Å². The smallest absolute Gasteiger partial charge is 0.0707 e. The fourth-order valence-corrected chi connectivity index (χ4v) is 3.16. The van der Waals surface area contributed by atoms with Gasteiger partial charge in [-0.1, -0.05) is 6.92 Å². The molecule has 0 amide bonds. The standard InChI is InChI=1S/C15H30N2O2/c1-3-8-16-10-13-6-7-15(19-13)12-17-9-4-5-14(11-17)18-2/h13-16H,3-12H2,1-2H3. The zero-order valence-corrected chi connectivity index (χ0v) is 12.6. The van der Waals surface area contributed by atoms with E-state index in [2.05, 4.69) is 17.1 Å². The molecule has 3 atom stereocenters. The largest absolute Gasteiger partial charge is 0.380 e. The summed E-state index contributed by atoms with van der Waals surface area (Å²) in [5, 5.41) is 3.46. The molecular weight excluding hydrogens is 240 g/mol. The molecule has 0 aromatic carbocycles. The van der Waals surface area contributed by atoms with Crippen molar-refractivity contribution in [1.29, 1.82) is 0 Å². The van der Waals surface area contributed by atoms with Crippen molar-refractivity contribution in [3.8, 4) is 0 Å². The summed E-state index contributed by atoms with van der Waals surface area (Å²) in [7, 11) is 1.83. The van der Waals surface area contributed by atoms with Crippen molar-refractivity contribution in [3.63, 3.8) is 0 Å². The van der Waals surface area contributed by atoms with E-state index in [0.717, 1.165) is 26.2 Å². The van der Waals surface area contributed by atoms with Gasteiger partial charge in [-0.3, -0.25) is 4.90 Å². The predicted octanol–water partition coefficient (Wildman–Crippen LogP) is 1.64. The Balaban J connectivity index is 1.64. The molecule has 1 N–H and O–H groups in total. The lowest BCUT2D eigenvalue weighted by Gasteiger charge is -2.33. The van der Waals surface area contributed by atoms with Gasteiger partial charge >= 0.3 is 0 Å². The molecule has 112 valence electrons. The van der Waals surface area contributed by atoms with Crippen LogP contribution in [-0.4, -0.2) is 63.0 Å². The Morgan fingerprint density at radius 3 is 2.89 bits per heavy atom. The van der Waals surface area contributed by atoms with Gasteiger partial charge in [0.2, 0.25) is 0 Å². The fraction of sp³-hybridized carbons (Fsp3) is 1.00. The first-order valence-corrected chi connectivity index (χ1v) is 7.93. The number of ether oxygens (including phenoxy) is 2. The van der Waals surface area contributed by atoms with Gasteiger partial charge in [-0.15, -0.1) is 0 Å². The van der Waals surface area contributed by atoms with Crippen LogP contribution in [0.4, 0.5) is 0 Å². The number of rotatable bonds is 7. The number of nitrogens with one attached hydrogen (secondary N) is 1. The van der Waals surface area contributed by atoms with Crippen LogP contribution in [0.2, 0.25) is 0 Å². The molecule has 0 bridgehead atoms. The number of hydrogen-bond donors (Lipinski definition) is 1. The minimum atomic E-state index is 0.428. The Hall–Kier alpha value is -0.160. The van der Waals surface area contributed by atoms with E-state index >= 15 is 0 Å². The molecule has 2 aliphatic rings. The number of piperidine rings is 1. The van der Waals surface area contributed by atoms with Crippen LogP contribution in [0.1, 0.15) is 39.0 Å². The van der Waals surface area contributed by atoms with E-state index in [0.29, 0.717) is 18.3 Å². The van der Waals surface area contributed by atoms with Gasteiger partial charge in [0.15, 0.2) is 0 Å². The SMILES string of the molecule is CCCNCC1CCC(CN2CCCC(OC)C2)O1. The molecule has 0 spiro atoms. The van der Waals surface area contributed by atoms with Crippen LogP contribution in [0.15, 0.2) is 0 Å². The van der Waals surface area contributed by atoms with Gasteiger partial charge < -0.3 is 14.8 Å². The third kappa shape index (κ3) is 5.03. The molecule has 0 saturated carbocycles. The highest BCUT2D eigenvalue weighted by Gasteiger charge is 2.28. The van der Waals surface area contributed by atoms with E-state index in [9.17, 15) is 0 Å². The van der Waals surface area contributed by atoms with Crippen molar-refractivity contribution < 1.29 is 9.47 Å². The van der Waals surface area contributed by atoms with Crippen LogP contribution in [0, 0.1) is 0 Å². The average Bonchev–Trinajstić information content (AvgIpc) is 2.87. The second-order valence-electron chi connectivity index (χ2n) is 5.92. The molecule has 2 heterocycles. The van der Waals surface area contributed by atoms with Crippen LogP contribution in [0.5, 0.6) is 0 Å². The highest BCUT2D eigenvalue weighted by atomic mass is 16.5. The van der Waals surface area contributed by atoms with Crippen LogP contribution in [-0.2, 0) is 9.47 Å². The summed E-state index contributed by atoms with van der Waals surface area (Å²) in [6.07, 6.45) is 7.38. The maximum atomic E-state index is 6.13. The van der Waals surface area contributed by atoms with Crippen molar-refractivity contribution in [2.45, 2.75) is 57.3 Å². The molecule has 2 saturated heterocycles. The maximum Gasteiger partial charge on any atom is 0.0707 e. The monoisotopic (exact) mass is 270 g/mol. The lowest BCUT2D eigenvalue weighted by atomic mass is 10.1. The first kappa shape index (κ1) is 15.2. The summed E-state index contributed by atoms with van der Waals surface area (Å²) in [5.74, 6) is 0. The van der Waals surface area contributed by atoms with Crippen molar-refractivity contribution >= 4 is 0 Å². The summed E-state index contributed by atoms with van der Waals surface area (Å²) < 4.78 is 11.6. The summed E-state index contributed by atoms with van der Waals surface area (Å²) in [6.45, 7) is 7.70. The Morgan fingerprint density at radius 2 is 2.11 bits per heavy atom. The third-order valence-corrected chi connectivity index (χ3v) is 4.25. The molecular formula is C15H30N2O2. The van der Waals surface area contributed by atoms with Gasteiger partial charge in [0.25, 0.3) is 0 Å². The lowest BCUT2D eigenvalue weighted by Crippen LogP contribution is -2.43. The summed E-state index contributed by atoms with van der Waals surface area (Å²) >= 11 is 0. The van der Waals surface area contributed by atoms with Gasteiger partial charge in [0.1, 0.15) is 0 Å². The molecule has 4 nitrogen and oxygen atoms in total. The Kier molecular flexibility index (Phi) is 6.57. The van der Waals surface area contributed by atoms with Gasteiger partial charge in [0.05, 0.1) is 18.3 Å². The number of likely N-dealkylation sites (tertiary alicyclic amines) is 1. The quantitative estimate of drug-likeness (QED) is 0.713. The van der Waals surface area contributed by atoms with Crippen LogP contribution >= 0.6 is 0 Å². The number of hydrogen-bond acceptors (Lipinski definition) is 4. The van der Waals surface area contributed by atoms with Crippen molar-refractivity contribution in [2.24, 2.45) is 0 Å². The fourth-order valence-electron chi connectivity index (χ4n) is 3.16. The zero-order chi connectivity index (χ0) is 13.5. The lowest BCUT2D eigenvalue weighted by molar-refractivity contribution is -0.00968. The Bertz CT molecular complexity index is 250. The van der Waals surface area contributed by atoms with Gasteiger partial charge in [-0.2, -0.15) is 0 Å². The third-order valence-electron chi connectivity index (χ3n) is 4.25. The van der Waals surface area contributed by atoms with Crippen molar-refractivity contribution in [2.75, 3.05) is 39.8 Å². The number of nitrogens with zero attached hydrogens (tertiary/aromatic N) is 1. The molecule has 19 heavy (non-hydrogen) atoms. The van der Waals surface area contributed by atoms with Crippen molar-refractivity contribution in [3.05, 3.63) is 0 Å². The molecule has 2 rings (SSSR count). The highest BCUT2D eigenvalue weighted by molar-refractivity contribution is 4.81. The Labute approximate surface area is 117 Å². The van der Waals surface area contributed by atoms with E-state index in [1.165, 1.54) is 38.6 Å². The molecule has 2 aliphatic heterocycles. The van der Waals surface area contributed by atoms with E-state index in [4.69, 9.17) is 9.47 Å². The average molecular weight is 270 g/mol. The molecule has 0 aliphatic carbocycles. The molecule has 2 fully saturated rings. The molecule has 0 radical (unpaired) electrons. The Morgan fingerprint density at radius 1 is 1.26 bits per heavy atom. The maximum absolute atomic E-state index is 6.13. The van der Waals surface area contributed by atoms with E-state index in [1.807, 2.05) is 7.11 Å².